The number of hydrogen-bond acceptors (Lipinski definition) is 6. The summed E-state index contributed by atoms with van der Waals surface area (Å²) >= 11 is 0. The quantitative estimate of drug-likeness (QED) is 0.320. The molecule has 4 heterocycles. The molecule has 2 aliphatic rings. The average Bonchev–Trinajstić information content (AvgIpc) is 3.38. The number of ether oxygens (including phenoxy) is 2. The van der Waals surface area contributed by atoms with E-state index in [1.807, 2.05) is 26.0 Å². The van der Waals surface area contributed by atoms with E-state index >= 15 is 0 Å². The van der Waals surface area contributed by atoms with Crippen molar-refractivity contribution < 1.29 is 32.2 Å². The fraction of sp³-hybridized carbons (Fsp3) is 0.516. The number of fused-ring (bicyclic) bond motifs is 1. The minimum atomic E-state index is -4.27. The molecular formula is C31H38F3N5O4. The molecule has 2 fully saturated rings. The Morgan fingerprint density at radius 2 is 1.86 bits per heavy atom. The van der Waals surface area contributed by atoms with Crippen molar-refractivity contribution in [2.45, 2.75) is 58.3 Å². The largest absolute Gasteiger partial charge is 0.497 e. The first-order valence-corrected chi connectivity index (χ1v) is 14.6. The summed E-state index contributed by atoms with van der Waals surface area (Å²) < 4.78 is 54.2. The molecule has 2 aromatic heterocycles. The number of urea groups is 1. The summed E-state index contributed by atoms with van der Waals surface area (Å²) in [6.07, 6.45) is 0.459. The maximum absolute atomic E-state index is 14.0. The van der Waals surface area contributed by atoms with Crippen LogP contribution in [0.25, 0.3) is 5.52 Å². The summed E-state index contributed by atoms with van der Waals surface area (Å²) in [5.41, 5.74) is 2.75. The smallest absolute Gasteiger partial charge is 0.404 e. The molecule has 232 valence electrons. The molecule has 3 aromatic rings. The minimum Gasteiger partial charge on any atom is -0.497 e. The summed E-state index contributed by atoms with van der Waals surface area (Å²) in [5.74, 6) is 0.842. The minimum absolute atomic E-state index is 0.0294. The first-order valence-electron chi connectivity index (χ1n) is 14.6. The summed E-state index contributed by atoms with van der Waals surface area (Å²) in [6, 6.07) is 7.05. The number of nitrogens with zero attached hydrogens (tertiary/aromatic N) is 5. The van der Waals surface area contributed by atoms with Gasteiger partial charge in [0.1, 0.15) is 17.5 Å². The van der Waals surface area contributed by atoms with Crippen molar-refractivity contribution >= 4 is 23.1 Å². The number of carbonyl (C=O) groups excluding carboxylic acids is 2. The van der Waals surface area contributed by atoms with Gasteiger partial charge in [-0.05, 0) is 67.5 Å². The Bertz CT molecular complexity index is 1470. The third-order valence-electron chi connectivity index (χ3n) is 8.32. The van der Waals surface area contributed by atoms with Gasteiger partial charge in [0.15, 0.2) is 0 Å². The van der Waals surface area contributed by atoms with Crippen molar-refractivity contribution in [2.75, 3.05) is 38.8 Å². The Hall–Kier alpha value is -3.80. The lowest BCUT2D eigenvalue weighted by molar-refractivity contribution is -0.196. The van der Waals surface area contributed by atoms with E-state index in [9.17, 15) is 22.8 Å². The topological polar surface area (TPSA) is 79.6 Å². The molecule has 2 atom stereocenters. The van der Waals surface area contributed by atoms with Crippen molar-refractivity contribution in [3.8, 4) is 11.5 Å². The van der Waals surface area contributed by atoms with Crippen molar-refractivity contribution in [1.29, 1.82) is 0 Å². The van der Waals surface area contributed by atoms with Crippen LogP contribution in [0.4, 0.5) is 23.7 Å². The van der Waals surface area contributed by atoms with Gasteiger partial charge in [-0.15, -0.1) is 0 Å². The first-order chi connectivity index (χ1) is 20.5. The Morgan fingerprint density at radius 1 is 1.07 bits per heavy atom. The Balaban J connectivity index is 1.35. The van der Waals surface area contributed by atoms with Crippen LogP contribution in [0, 0.1) is 11.8 Å². The Morgan fingerprint density at radius 3 is 2.56 bits per heavy atom. The standard InChI is InChI=1S/C31H38F3N5O4/c1-20(2)18-36-10-7-22(15-28(36)31(32,33)34)13-21-8-12-39-25(14-21)26(17-35-39)37-11-9-29(40)38(30(37)41)19-23-5-6-24(42-3)16-27(23)43-4/h5-6,8,12,14,16-17,20,22,28H,7,9-11,13,15,18-19H2,1-4H3/t22-,28-/m1/s1. The van der Waals surface area contributed by atoms with E-state index in [0.717, 1.165) is 5.56 Å². The van der Waals surface area contributed by atoms with E-state index in [2.05, 4.69) is 5.10 Å². The van der Waals surface area contributed by atoms with Crippen molar-refractivity contribution in [2.24, 2.45) is 11.8 Å². The van der Waals surface area contributed by atoms with E-state index < -0.39 is 18.2 Å². The molecule has 0 unspecified atom stereocenters. The highest BCUT2D eigenvalue weighted by Crippen LogP contribution is 2.37. The van der Waals surface area contributed by atoms with Gasteiger partial charge in [-0.2, -0.15) is 18.3 Å². The van der Waals surface area contributed by atoms with E-state index in [4.69, 9.17) is 9.47 Å². The molecular weight excluding hydrogens is 563 g/mol. The number of hydrogen-bond donors (Lipinski definition) is 0. The number of rotatable bonds is 9. The number of amides is 3. The van der Waals surface area contributed by atoms with Gasteiger partial charge >= 0.3 is 12.2 Å². The van der Waals surface area contributed by atoms with Gasteiger partial charge in [0.2, 0.25) is 5.91 Å². The predicted octanol–water partition coefficient (Wildman–Crippen LogP) is 5.55. The number of imide groups is 1. The monoisotopic (exact) mass is 601 g/mol. The molecule has 9 nitrogen and oxygen atoms in total. The molecule has 0 radical (unpaired) electrons. The number of benzene rings is 1. The molecule has 1 aromatic carbocycles. The zero-order valence-electron chi connectivity index (χ0n) is 24.9. The zero-order valence-corrected chi connectivity index (χ0v) is 24.9. The molecule has 2 saturated heterocycles. The molecule has 0 saturated carbocycles. The molecule has 0 bridgehead atoms. The number of aromatic nitrogens is 2. The zero-order chi connectivity index (χ0) is 30.9. The van der Waals surface area contributed by atoms with Crippen LogP contribution in [-0.4, -0.2) is 77.4 Å². The number of alkyl halides is 3. The predicted molar refractivity (Wildman–Crippen MR) is 155 cm³/mol. The second kappa shape index (κ2) is 12.4. The van der Waals surface area contributed by atoms with Crippen LogP contribution < -0.4 is 14.4 Å². The summed E-state index contributed by atoms with van der Waals surface area (Å²) in [4.78, 5) is 30.8. The normalized spacial score (nSPS) is 20.4. The highest BCUT2D eigenvalue weighted by Gasteiger charge is 2.46. The maximum atomic E-state index is 14.0. The van der Waals surface area contributed by atoms with E-state index in [-0.39, 0.29) is 43.7 Å². The molecule has 5 rings (SSSR count). The number of methoxy groups -OCH3 is 2. The number of likely N-dealkylation sites (tertiary alicyclic amines) is 1. The lowest BCUT2D eigenvalue weighted by Crippen LogP contribution is -2.52. The molecule has 12 heteroatoms. The number of halogens is 3. The number of anilines is 1. The lowest BCUT2D eigenvalue weighted by Gasteiger charge is -2.41. The van der Waals surface area contributed by atoms with Gasteiger partial charge in [0, 0.05) is 37.3 Å². The molecule has 0 N–H and O–H groups in total. The van der Waals surface area contributed by atoms with Gasteiger partial charge in [-0.25, -0.2) is 9.31 Å². The van der Waals surface area contributed by atoms with Crippen LogP contribution in [0.3, 0.4) is 0 Å². The summed E-state index contributed by atoms with van der Waals surface area (Å²) in [7, 11) is 3.06. The Labute approximate surface area is 249 Å². The van der Waals surface area contributed by atoms with Crippen molar-refractivity contribution in [3.05, 3.63) is 53.9 Å². The van der Waals surface area contributed by atoms with Crippen molar-refractivity contribution in [3.63, 3.8) is 0 Å². The number of piperidine rings is 1. The summed E-state index contributed by atoms with van der Waals surface area (Å²) in [5, 5.41) is 4.40. The molecule has 0 spiro atoms. The van der Waals surface area contributed by atoms with Gasteiger partial charge in [0.25, 0.3) is 0 Å². The molecule has 43 heavy (non-hydrogen) atoms. The fourth-order valence-corrected chi connectivity index (χ4v) is 6.20. The van der Waals surface area contributed by atoms with E-state index in [1.165, 1.54) is 16.9 Å². The van der Waals surface area contributed by atoms with Crippen LogP contribution in [0.15, 0.2) is 42.7 Å². The van der Waals surface area contributed by atoms with E-state index in [1.54, 1.807) is 47.1 Å². The van der Waals surface area contributed by atoms with Crippen LogP contribution in [0.2, 0.25) is 0 Å². The second-order valence-corrected chi connectivity index (χ2v) is 11.8. The van der Waals surface area contributed by atoms with Gasteiger partial charge in [-0.1, -0.05) is 13.8 Å². The van der Waals surface area contributed by atoms with Gasteiger partial charge in [0.05, 0.1) is 38.2 Å². The second-order valence-electron chi connectivity index (χ2n) is 11.8. The third-order valence-corrected chi connectivity index (χ3v) is 8.32. The molecule has 0 aliphatic carbocycles. The first kappa shape index (κ1) is 30.7. The van der Waals surface area contributed by atoms with Crippen LogP contribution in [-0.2, 0) is 17.8 Å². The van der Waals surface area contributed by atoms with Crippen LogP contribution >= 0.6 is 0 Å². The van der Waals surface area contributed by atoms with Crippen molar-refractivity contribution in [1.82, 2.24) is 19.4 Å². The highest BCUT2D eigenvalue weighted by molar-refractivity contribution is 6.07. The van der Waals surface area contributed by atoms with Crippen LogP contribution in [0.5, 0.6) is 11.5 Å². The van der Waals surface area contributed by atoms with Gasteiger partial charge in [-0.3, -0.25) is 19.5 Å². The third kappa shape index (κ3) is 6.58. The molecule has 2 aliphatic heterocycles. The SMILES string of the molecule is COc1ccc(CN2C(=O)CCN(c3cnn4ccc(C[C@H]5CCN(CC(C)C)[C@@H](C(F)(F)F)C5)cc34)C2=O)c(OC)c1. The van der Waals surface area contributed by atoms with E-state index in [0.29, 0.717) is 54.2 Å². The highest BCUT2D eigenvalue weighted by atomic mass is 19.4. The molecule has 3 amide bonds. The number of pyridine rings is 1. The average molecular weight is 602 g/mol. The lowest BCUT2D eigenvalue weighted by atomic mass is 9.85. The number of carbonyl (C=O) groups is 2. The van der Waals surface area contributed by atoms with Crippen LogP contribution in [0.1, 0.15) is 44.2 Å². The van der Waals surface area contributed by atoms with Gasteiger partial charge < -0.3 is 9.47 Å². The summed E-state index contributed by atoms with van der Waals surface area (Å²) in [6.45, 7) is 4.95. The maximum Gasteiger partial charge on any atom is 0.404 e. The fourth-order valence-electron chi connectivity index (χ4n) is 6.20. The Kier molecular flexibility index (Phi) is 8.86.